The standard InChI is InChI=1S/C16H15BrN4O4S/c1-10(22)15(21-20-13-4-2-11(17)3-5-13)16(23)19-12-6-8-14(9-7-12)26(18,24)25/h2-9,22H,1H3,(H,19,23)(H2,18,24,25). The summed E-state index contributed by atoms with van der Waals surface area (Å²) in [5.41, 5.74) is 0.528. The molecule has 4 N–H and O–H groups in total. The molecule has 1 amide bonds. The number of halogens is 1. The Hall–Kier alpha value is -2.56. The highest BCUT2D eigenvalue weighted by Gasteiger charge is 2.14. The fraction of sp³-hybridized carbons (Fsp3) is 0.0625. The Balaban J connectivity index is 2.16. The summed E-state index contributed by atoms with van der Waals surface area (Å²) in [5.74, 6) is -1.02. The fourth-order valence-corrected chi connectivity index (χ4v) is 2.60. The van der Waals surface area contributed by atoms with Crippen LogP contribution in [0, 0.1) is 0 Å². The number of nitrogens with one attached hydrogen (secondary N) is 1. The molecule has 10 heteroatoms. The summed E-state index contributed by atoms with van der Waals surface area (Å²) >= 11 is 3.30. The summed E-state index contributed by atoms with van der Waals surface area (Å²) in [6, 6.07) is 12.1. The van der Waals surface area contributed by atoms with Gasteiger partial charge in [-0.15, -0.1) is 5.11 Å². The fourth-order valence-electron chi connectivity index (χ4n) is 1.82. The molecule has 0 radical (unpaired) electrons. The Morgan fingerprint density at radius 2 is 1.69 bits per heavy atom. The number of aliphatic hydroxyl groups excluding tert-OH is 1. The van der Waals surface area contributed by atoms with E-state index < -0.39 is 15.9 Å². The van der Waals surface area contributed by atoms with E-state index in [1.165, 1.54) is 31.2 Å². The molecule has 0 aromatic heterocycles. The molecule has 0 atom stereocenters. The number of benzene rings is 2. The summed E-state index contributed by atoms with van der Waals surface area (Å²) in [6.07, 6.45) is 0. The number of hydrogen-bond acceptors (Lipinski definition) is 6. The lowest BCUT2D eigenvalue weighted by atomic mass is 10.3. The van der Waals surface area contributed by atoms with E-state index >= 15 is 0 Å². The van der Waals surface area contributed by atoms with Crippen molar-refractivity contribution >= 4 is 43.2 Å². The van der Waals surface area contributed by atoms with E-state index in [9.17, 15) is 18.3 Å². The van der Waals surface area contributed by atoms with Crippen molar-refractivity contribution < 1.29 is 18.3 Å². The predicted molar refractivity (Wildman–Crippen MR) is 100 cm³/mol. The van der Waals surface area contributed by atoms with E-state index in [-0.39, 0.29) is 16.4 Å². The lowest BCUT2D eigenvalue weighted by Crippen LogP contribution is -2.15. The Kier molecular flexibility index (Phi) is 6.24. The molecule has 0 spiro atoms. The summed E-state index contributed by atoms with van der Waals surface area (Å²) in [4.78, 5) is 12.2. The molecule has 0 heterocycles. The Bertz CT molecular complexity index is 964. The molecular formula is C16H15BrN4O4S. The van der Waals surface area contributed by atoms with Crippen molar-refractivity contribution in [1.82, 2.24) is 0 Å². The minimum absolute atomic E-state index is 0.0838. The van der Waals surface area contributed by atoms with Gasteiger partial charge in [-0.25, -0.2) is 13.6 Å². The van der Waals surface area contributed by atoms with Crippen LogP contribution in [0.2, 0.25) is 0 Å². The van der Waals surface area contributed by atoms with E-state index in [1.807, 2.05) is 0 Å². The maximum absolute atomic E-state index is 12.3. The van der Waals surface area contributed by atoms with Gasteiger partial charge in [-0.1, -0.05) is 15.9 Å². The maximum atomic E-state index is 12.3. The van der Waals surface area contributed by atoms with Crippen LogP contribution >= 0.6 is 15.9 Å². The van der Waals surface area contributed by atoms with Crippen molar-refractivity contribution in [2.75, 3.05) is 5.32 Å². The number of azo groups is 1. The number of primary sulfonamides is 1. The number of nitrogens with two attached hydrogens (primary N) is 1. The van der Waals surface area contributed by atoms with E-state index in [0.29, 0.717) is 11.4 Å². The number of hydrogen-bond donors (Lipinski definition) is 3. The first-order valence-electron chi connectivity index (χ1n) is 7.18. The average molecular weight is 439 g/mol. The third-order valence-corrected chi connectivity index (χ3v) is 4.55. The number of aliphatic hydroxyl groups is 1. The van der Waals surface area contributed by atoms with Crippen LogP contribution in [0.15, 0.2) is 79.6 Å². The van der Waals surface area contributed by atoms with Gasteiger partial charge in [0, 0.05) is 10.2 Å². The molecule has 2 aromatic rings. The molecule has 0 saturated carbocycles. The van der Waals surface area contributed by atoms with Crippen molar-refractivity contribution in [2.45, 2.75) is 11.8 Å². The lowest BCUT2D eigenvalue weighted by Gasteiger charge is -2.06. The molecule has 8 nitrogen and oxygen atoms in total. The first-order chi connectivity index (χ1) is 12.2. The molecule has 0 bridgehead atoms. The van der Waals surface area contributed by atoms with Gasteiger partial charge in [0.25, 0.3) is 5.91 Å². The zero-order valence-electron chi connectivity index (χ0n) is 13.5. The third-order valence-electron chi connectivity index (χ3n) is 3.09. The quantitative estimate of drug-likeness (QED) is 0.373. The van der Waals surface area contributed by atoms with Crippen LogP contribution in [-0.4, -0.2) is 19.4 Å². The first kappa shape index (κ1) is 19.8. The molecule has 2 rings (SSSR count). The van der Waals surface area contributed by atoms with E-state index in [1.54, 1.807) is 24.3 Å². The first-order valence-corrected chi connectivity index (χ1v) is 9.52. The molecule has 136 valence electrons. The zero-order valence-corrected chi connectivity index (χ0v) is 16.0. The SMILES string of the molecule is CC(O)=C(N=Nc1ccc(Br)cc1)C(=O)Nc1ccc(S(N)(=O)=O)cc1. The van der Waals surface area contributed by atoms with Gasteiger partial charge in [-0.05, 0) is 55.5 Å². The number of sulfonamides is 1. The number of rotatable bonds is 5. The molecule has 0 fully saturated rings. The van der Waals surface area contributed by atoms with Crippen molar-refractivity contribution in [3.63, 3.8) is 0 Å². The van der Waals surface area contributed by atoms with Crippen LogP contribution in [0.25, 0.3) is 0 Å². The normalized spacial score (nSPS) is 12.7. The summed E-state index contributed by atoms with van der Waals surface area (Å²) < 4.78 is 23.3. The van der Waals surface area contributed by atoms with E-state index in [0.717, 1.165) is 4.47 Å². The molecular weight excluding hydrogens is 424 g/mol. The van der Waals surface area contributed by atoms with Gasteiger partial charge in [0.15, 0.2) is 5.70 Å². The largest absolute Gasteiger partial charge is 0.510 e. The van der Waals surface area contributed by atoms with Crippen LogP contribution in [0.4, 0.5) is 11.4 Å². The van der Waals surface area contributed by atoms with Gasteiger partial charge in [0.05, 0.1) is 10.6 Å². The number of anilines is 1. The minimum Gasteiger partial charge on any atom is -0.510 e. The highest BCUT2D eigenvalue weighted by Crippen LogP contribution is 2.19. The molecule has 2 aromatic carbocycles. The van der Waals surface area contributed by atoms with Gasteiger partial charge in [-0.3, -0.25) is 4.79 Å². The second kappa shape index (κ2) is 8.21. The van der Waals surface area contributed by atoms with Crippen molar-refractivity contribution in [1.29, 1.82) is 0 Å². The number of carbonyl (C=O) groups excluding carboxylic acids is 1. The average Bonchev–Trinajstić information content (AvgIpc) is 2.56. The van der Waals surface area contributed by atoms with Crippen molar-refractivity contribution in [3.05, 3.63) is 64.5 Å². The Morgan fingerprint density at radius 1 is 1.12 bits per heavy atom. The maximum Gasteiger partial charge on any atom is 0.279 e. The number of amides is 1. The summed E-state index contributed by atoms with van der Waals surface area (Å²) in [5, 5.41) is 24.9. The number of allylic oxidation sites excluding steroid dienone is 1. The summed E-state index contributed by atoms with van der Waals surface area (Å²) in [7, 11) is -3.82. The van der Waals surface area contributed by atoms with Crippen molar-refractivity contribution in [3.8, 4) is 0 Å². The van der Waals surface area contributed by atoms with Gasteiger partial charge >= 0.3 is 0 Å². The van der Waals surface area contributed by atoms with Crippen LogP contribution < -0.4 is 10.5 Å². The second-order valence-corrected chi connectivity index (χ2v) is 7.61. The van der Waals surface area contributed by atoms with Crippen LogP contribution in [0.5, 0.6) is 0 Å². The molecule has 0 unspecified atom stereocenters. The highest BCUT2D eigenvalue weighted by molar-refractivity contribution is 9.10. The number of carbonyl (C=O) groups is 1. The molecule has 0 saturated heterocycles. The molecule has 26 heavy (non-hydrogen) atoms. The zero-order chi connectivity index (χ0) is 19.3. The minimum atomic E-state index is -3.82. The van der Waals surface area contributed by atoms with Gasteiger partial charge in [0.1, 0.15) is 5.76 Å². The monoisotopic (exact) mass is 438 g/mol. The van der Waals surface area contributed by atoms with Crippen molar-refractivity contribution in [2.24, 2.45) is 15.4 Å². The Morgan fingerprint density at radius 3 is 2.19 bits per heavy atom. The van der Waals surface area contributed by atoms with Crippen LogP contribution in [0.3, 0.4) is 0 Å². The smallest absolute Gasteiger partial charge is 0.279 e. The predicted octanol–water partition coefficient (Wildman–Crippen LogP) is 3.61. The molecule has 0 aliphatic rings. The van der Waals surface area contributed by atoms with Gasteiger partial charge < -0.3 is 10.4 Å². The topological polar surface area (TPSA) is 134 Å². The summed E-state index contributed by atoms with van der Waals surface area (Å²) in [6.45, 7) is 1.31. The lowest BCUT2D eigenvalue weighted by molar-refractivity contribution is -0.113. The van der Waals surface area contributed by atoms with Gasteiger partial charge in [-0.2, -0.15) is 5.11 Å². The van der Waals surface area contributed by atoms with Crippen LogP contribution in [0.1, 0.15) is 6.92 Å². The second-order valence-electron chi connectivity index (χ2n) is 5.13. The Labute approximate surface area is 158 Å². The van der Waals surface area contributed by atoms with Crippen LogP contribution in [-0.2, 0) is 14.8 Å². The number of nitrogens with zero attached hydrogens (tertiary/aromatic N) is 2. The molecule has 0 aliphatic heterocycles. The molecule has 0 aliphatic carbocycles. The van der Waals surface area contributed by atoms with Gasteiger partial charge in [0.2, 0.25) is 10.0 Å². The highest BCUT2D eigenvalue weighted by atomic mass is 79.9. The third kappa shape index (κ3) is 5.48. The van der Waals surface area contributed by atoms with E-state index in [2.05, 4.69) is 31.5 Å². The van der Waals surface area contributed by atoms with E-state index in [4.69, 9.17) is 5.14 Å².